The van der Waals surface area contributed by atoms with Crippen LogP contribution in [0.15, 0.2) is 36.4 Å². The summed E-state index contributed by atoms with van der Waals surface area (Å²) in [5.41, 5.74) is 2.58. The summed E-state index contributed by atoms with van der Waals surface area (Å²) < 4.78 is 10.3. The Morgan fingerprint density at radius 1 is 1.04 bits per heavy atom. The van der Waals surface area contributed by atoms with Gasteiger partial charge in [0.1, 0.15) is 5.75 Å². The lowest BCUT2D eigenvalue weighted by Gasteiger charge is -2.12. The molecule has 0 heterocycles. The number of benzene rings is 2. The quantitative estimate of drug-likeness (QED) is 0.455. The Labute approximate surface area is 156 Å². The highest BCUT2D eigenvalue weighted by Crippen LogP contribution is 2.23. The van der Waals surface area contributed by atoms with Crippen molar-refractivity contribution in [1.29, 1.82) is 0 Å². The Morgan fingerprint density at radius 2 is 1.70 bits per heavy atom. The zero-order valence-electron chi connectivity index (χ0n) is 15.3. The number of para-hydroxylation sites is 1. The van der Waals surface area contributed by atoms with E-state index in [-0.39, 0.29) is 18.0 Å². The second-order valence-electron chi connectivity index (χ2n) is 5.97. The number of esters is 1. The first-order chi connectivity index (χ1) is 12.8. The minimum Gasteiger partial charge on any atom is -0.481 e. The van der Waals surface area contributed by atoms with Gasteiger partial charge in [-0.2, -0.15) is 0 Å². The van der Waals surface area contributed by atoms with Crippen molar-refractivity contribution in [2.75, 3.05) is 18.5 Å². The minimum atomic E-state index is -0.691. The van der Waals surface area contributed by atoms with E-state index in [1.165, 1.54) is 18.2 Å². The fourth-order valence-electron chi connectivity index (χ4n) is 2.39. The van der Waals surface area contributed by atoms with E-state index in [4.69, 9.17) is 9.47 Å². The number of nitro benzene ring substituents is 1. The Balaban J connectivity index is 1.86. The Kier molecular flexibility index (Phi) is 6.48. The molecule has 0 aliphatic carbocycles. The topological polar surface area (TPSA) is 108 Å². The predicted octanol–water partition coefficient (Wildman–Crippen LogP) is 3.08. The fraction of sp³-hybridized carbons (Fsp3) is 0.263. The molecule has 8 nitrogen and oxygen atoms in total. The van der Waals surface area contributed by atoms with Gasteiger partial charge in [-0.25, -0.2) is 4.79 Å². The van der Waals surface area contributed by atoms with Gasteiger partial charge in [0, 0.05) is 12.1 Å². The third kappa shape index (κ3) is 5.53. The van der Waals surface area contributed by atoms with Gasteiger partial charge in [0.2, 0.25) is 0 Å². The average molecular weight is 372 g/mol. The van der Waals surface area contributed by atoms with E-state index in [0.29, 0.717) is 11.3 Å². The fourth-order valence-corrected chi connectivity index (χ4v) is 2.39. The average Bonchev–Trinajstić information content (AvgIpc) is 2.61. The van der Waals surface area contributed by atoms with Crippen LogP contribution in [-0.2, 0) is 14.3 Å². The molecule has 1 N–H and O–H groups in total. The molecule has 2 aromatic carbocycles. The monoisotopic (exact) mass is 372 g/mol. The third-order valence-electron chi connectivity index (χ3n) is 3.81. The molecule has 0 unspecified atom stereocenters. The Hall–Kier alpha value is -3.42. The zero-order valence-corrected chi connectivity index (χ0v) is 15.3. The summed E-state index contributed by atoms with van der Waals surface area (Å²) in [6.45, 7) is 4.58. The van der Waals surface area contributed by atoms with Gasteiger partial charge < -0.3 is 14.8 Å². The number of nitrogens with zero attached hydrogens (tertiary/aromatic N) is 1. The smallest absolute Gasteiger partial charge is 0.344 e. The molecule has 27 heavy (non-hydrogen) atoms. The molecule has 0 radical (unpaired) electrons. The lowest BCUT2D eigenvalue weighted by molar-refractivity contribution is -0.384. The molecule has 8 heteroatoms. The zero-order chi connectivity index (χ0) is 20.0. The maximum absolute atomic E-state index is 11.9. The summed E-state index contributed by atoms with van der Waals surface area (Å²) in [4.78, 5) is 34.0. The minimum absolute atomic E-state index is 0.144. The van der Waals surface area contributed by atoms with Crippen molar-refractivity contribution in [1.82, 2.24) is 0 Å². The molecule has 0 saturated heterocycles. The SMILES string of the molecule is Cc1ccc([N+](=O)[O-])cc1NC(=O)COC(=O)COc1c(C)cccc1C. The molecule has 0 aliphatic heterocycles. The van der Waals surface area contributed by atoms with Crippen LogP contribution in [0.2, 0.25) is 0 Å². The second-order valence-corrected chi connectivity index (χ2v) is 5.97. The van der Waals surface area contributed by atoms with E-state index in [1.807, 2.05) is 32.0 Å². The molecule has 2 rings (SSSR count). The number of anilines is 1. The van der Waals surface area contributed by atoms with Crippen LogP contribution in [-0.4, -0.2) is 30.0 Å². The highest BCUT2D eigenvalue weighted by atomic mass is 16.6. The summed E-state index contributed by atoms with van der Waals surface area (Å²) in [6.07, 6.45) is 0. The van der Waals surface area contributed by atoms with Gasteiger partial charge in [0.15, 0.2) is 13.2 Å². The van der Waals surface area contributed by atoms with E-state index < -0.39 is 23.4 Å². The molecule has 0 aliphatic rings. The number of nitrogens with one attached hydrogen (secondary N) is 1. The Bertz CT molecular complexity index is 858. The molecule has 142 valence electrons. The number of aryl methyl sites for hydroxylation is 3. The van der Waals surface area contributed by atoms with Crippen LogP contribution in [0, 0.1) is 30.9 Å². The number of rotatable bonds is 7. The van der Waals surface area contributed by atoms with Crippen molar-refractivity contribution in [3.63, 3.8) is 0 Å². The van der Waals surface area contributed by atoms with Gasteiger partial charge in [-0.15, -0.1) is 0 Å². The number of amides is 1. The summed E-state index contributed by atoms with van der Waals surface area (Å²) in [5.74, 6) is -0.686. The highest BCUT2D eigenvalue weighted by molar-refractivity contribution is 5.93. The number of ether oxygens (including phenoxy) is 2. The first kappa shape index (κ1) is 19.9. The summed E-state index contributed by atoms with van der Waals surface area (Å²) in [5, 5.41) is 13.3. The normalized spacial score (nSPS) is 10.2. The molecule has 0 atom stereocenters. The van der Waals surface area contributed by atoms with Gasteiger partial charge >= 0.3 is 5.97 Å². The van der Waals surface area contributed by atoms with Gasteiger partial charge in [-0.3, -0.25) is 14.9 Å². The van der Waals surface area contributed by atoms with Crippen LogP contribution in [0.5, 0.6) is 5.75 Å². The molecule has 2 aromatic rings. The maximum atomic E-state index is 11.9. The second kappa shape index (κ2) is 8.79. The van der Waals surface area contributed by atoms with Crippen LogP contribution >= 0.6 is 0 Å². The van der Waals surface area contributed by atoms with Crippen LogP contribution in [0.1, 0.15) is 16.7 Å². The molecule has 0 aromatic heterocycles. The van der Waals surface area contributed by atoms with E-state index in [1.54, 1.807) is 6.92 Å². The van der Waals surface area contributed by atoms with Crippen molar-refractivity contribution in [3.8, 4) is 5.75 Å². The largest absolute Gasteiger partial charge is 0.481 e. The number of carbonyl (C=O) groups excluding carboxylic acids is 2. The van der Waals surface area contributed by atoms with Crippen LogP contribution in [0.25, 0.3) is 0 Å². The van der Waals surface area contributed by atoms with Gasteiger partial charge in [-0.1, -0.05) is 24.3 Å². The summed E-state index contributed by atoms with van der Waals surface area (Å²) >= 11 is 0. The van der Waals surface area contributed by atoms with Crippen molar-refractivity contribution < 1.29 is 24.0 Å². The van der Waals surface area contributed by atoms with Crippen molar-refractivity contribution >= 4 is 23.3 Å². The van der Waals surface area contributed by atoms with E-state index in [9.17, 15) is 19.7 Å². The van der Waals surface area contributed by atoms with Crippen LogP contribution < -0.4 is 10.1 Å². The lowest BCUT2D eigenvalue weighted by Crippen LogP contribution is -2.24. The molecule has 1 amide bonds. The number of hydrogen-bond acceptors (Lipinski definition) is 6. The number of hydrogen-bond donors (Lipinski definition) is 1. The first-order valence-corrected chi connectivity index (χ1v) is 8.17. The van der Waals surface area contributed by atoms with E-state index >= 15 is 0 Å². The van der Waals surface area contributed by atoms with Crippen molar-refractivity contribution in [2.24, 2.45) is 0 Å². The van der Waals surface area contributed by atoms with Gasteiger partial charge in [0.25, 0.3) is 11.6 Å². The highest BCUT2D eigenvalue weighted by Gasteiger charge is 2.13. The van der Waals surface area contributed by atoms with E-state index in [2.05, 4.69) is 5.32 Å². The van der Waals surface area contributed by atoms with Gasteiger partial charge in [0.05, 0.1) is 10.6 Å². The van der Waals surface area contributed by atoms with Crippen LogP contribution in [0.4, 0.5) is 11.4 Å². The van der Waals surface area contributed by atoms with Crippen molar-refractivity contribution in [3.05, 3.63) is 63.2 Å². The summed E-state index contributed by atoms with van der Waals surface area (Å²) in [6, 6.07) is 9.73. The predicted molar refractivity (Wildman–Crippen MR) is 98.8 cm³/mol. The number of nitro groups is 1. The standard InChI is InChI=1S/C19H20N2O6/c1-12-7-8-15(21(24)25)9-16(12)20-17(22)10-26-18(23)11-27-19-13(2)5-4-6-14(19)3/h4-9H,10-11H2,1-3H3,(H,20,22). The molecular weight excluding hydrogens is 352 g/mol. The van der Waals surface area contributed by atoms with Crippen molar-refractivity contribution in [2.45, 2.75) is 20.8 Å². The van der Waals surface area contributed by atoms with Gasteiger partial charge in [-0.05, 0) is 37.5 Å². The third-order valence-corrected chi connectivity index (χ3v) is 3.81. The van der Waals surface area contributed by atoms with E-state index in [0.717, 1.165) is 11.1 Å². The molecular formula is C19H20N2O6. The summed E-state index contributed by atoms with van der Waals surface area (Å²) in [7, 11) is 0. The molecule has 0 bridgehead atoms. The maximum Gasteiger partial charge on any atom is 0.344 e. The van der Waals surface area contributed by atoms with Crippen LogP contribution in [0.3, 0.4) is 0 Å². The molecule has 0 spiro atoms. The number of non-ortho nitro benzene ring substituents is 1. The first-order valence-electron chi connectivity index (χ1n) is 8.17. The Morgan fingerprint density at radius 3 is 2.33 bits per heavy atom. The molecule has 0 saturated carbocycles. The molecule has 0 fully saturated rings. The lowest BCUT2D eigenvalue weighted by atomic mass is 10.1. The number of carbonyl (C=O) groups is 2.